The zero-order valence-corrected chi connectivity index (χ0v) is 17.5. The summed E-state index contributed by atoms with van der Waals surface area (Å²) in [4.78, 5) is 0. The van der Waals surface area contributed by atoms with Crippen molar-refractivity contribution in [2.24, 2.45) is 14.1 Å². The van der Waals surface area contributed by atoms with Crippen LogP contribution in [0.1, 0.15) is 11.1 Å². The number of nitrogens with zero attached hydrogens (tertiary/aromatic N) is 4. The summed E-state index contributed by atoms with van der Waals surface area (Å²) in [5.41, 5.74) is -1.42. The fourth-order valence-electron chi connectivity index (χ4n) is 4.26. The summed E-state index contributed by atoms with van der Waals surface area (Å²) >= 11 is 0. The minimum Gasteiger partial charge on any atom is -0.374 e. The van der Waals surface area contributed by atoms with Crippen molar-refractivity contribution >= 4 is 9.24 Å². The maximum Gasteiger partial charge on any atom is 0.295 e. The summed E-state index contributed by atoms with van der Waals surface area (Å²) in [6, 6.07) is 10.4. The molecule has 152 valence electrons. The van der Waals surface area contributed by atoms with Crippen LogP contribution < -0.4 is 0 Å². The van der Waals surface area contributed by atoms with E-state index < -0.39 is 11.3 Å². The van der Waals surface area contributed by atoms with Gasteiger partial charge in [-0.15, -0.1) is 0 Å². The second kappa shape index (κ2) is 6.30. The molecule has 2 aromatic carbocycles. The van der Waals surface area contributed by atoms with E-state index in [4.69, 9.17) is 0 Å². The van der Waals surface area contributed by atoms with E-state index in [1.807, 2.05) is 18.5 Å². The van der Waals surface area contributed by atoms with Gasteiger partial charge in [-0.3, -0.25) is 9.36 Å². The second-order valence-corrected chi connectivity index (χ2v) is 8.36. The molecule has 0 saturated heterocycles. The van der Waals surface area contributed by atoms with Crippen LogP contribution in [0.15, 0.2) is 61.2 Å². The molecule has 5 nitrogen and oxygen atoms in total. The average molecular weight is 424 g/mol. The van der Waals surface area contributed by atoms with Crippen LogP contribution in [0.2, 0.25) is 0 Å². The van der Waals surface area contributed by atoms with Gasteiger partial charge in [0.15, 0.2) is 5.60 Å². The van der Waals surface area contributed by atoms with E-state index in [9.17, 15) is 13.9 Å². The molecule has 1 aliphatic rings. The third kappa shape index (κ3) is 2.59. The minimum absolute atomic E-state index is 0.170. The van der Waals surface area contributed by atoms with E-state index >= 15 is 0 Å². The number of fused-ring (bicyclic) bond motifs is 3. The lowest BCUT2D eigenvalue weighted by molar-refractivity contribution is -0.0963. The number of halogens is 2. The van der Waals surface area contributed by atoms with Crippen LogP contribution in [-0.2, 0) is 19.7 Å². The molecule has 0 spiro atoms. The van der Waals surface area contributed by atoms with Gasteiger partial charge in [-0.1, -0.05) is 33.5 Å². The van der Waals surface area contributed by atoms with E-state index in [2.05, 4.69) is 10.2 Å². The zero-order valence-electron chi connectivity index (χ0n) is 16.3. The number of alkyl halides is 2. The first kappa shape index (κ1) is 19.1. The molecule has 2 atom stereocenters. The maximum absolute atomic E-state index is 14.9. The van der Waals surface area contributed by atoms with Crippen molar-refractivity contribution in [3.05, 3.63) is 72.3 Å². The van der Waals surface area contributed by atoms with Gasteiger partial charge in [0.05, 0.1) is 12.4 Å². The van der Waals surface area contributed by atoms with Gasteiger partial charge in [-0.2, -0.15) is 19.0 Å². The Morgan fingerprint density at radius 3 is 2.13 bits per heavy atom. The molecule has 0 radical (unpaired) electrons. The highest BCUT2D eigenvalue weighted by Crippen LogP contribution is 2.59. The molecule has 0 aliphatic heterocycles. The average Bonchev–Trinajstić information content (AvgIpc) is 3.39. The Kier molecular flexibility index (Phi) is 4.01. The molecule has 0 fully saturated rings. The Balaban J connectivity index is 1.91. The Morgan fingerprint density at radius 1 is 0.900 bits per heavy atom. The Labute approximate surface area is 174 Å². The van der Waals surface area contributed by atoms with Crippen LogP contribution in [-0.4, -0.2) is 30.3 Å². The van der Waals surface area contributed by atoms with Crippen molar-refractivity contribution in [2.75, 3.05) is 0 Å². The molecule has 0 saturated carbocycles. The minimum atomic E-state index is -3.48. The van der Waals surface area contributed by atoms with Gasteiger partial charge in [0.1, 0.15) is 0 Å². The number of hydrogen-bond acceptors (Lipinski definition) is 3. The highest BCUT2D eigenvalue weighted by Gasteiger charge is 2.57. The molecule has 0 amide bonds. The number of hydrogen-bond donors (Lipinski definition) is 1. The predicted octanol–water partition coefficient (Wildman–Crippen LogP) is 4.17. The standard InChI is InChI=1S/C22H19F2N4OP/c1-27-11-14(9-25-27)13-7-17(15-10-26-28(2)12-15)20-16-5-3-4-6-18(16)21(29,19(20)8-13)22(23,24)30/h3-12,29H,30H2,1-2H3. The lowest BCUT2D eigenvalue weighted by atomic mass is 9.87. The molecule has 2 aromatic heterocycles. The Bertz CT molecular complexity index is 1290. The fourth-order valence-corrected chi connectivity index (χ4v) is 4.57. The topological polar surface area (TPSA) is 55.9 Å². The zero-order chi connectivity index (χ0) is 21.3. The molecule has 1 aliphatic carbocycles. The highest BCUT2D eigenvalue weighted by molar-refractivity contribution is 7.18. The number of rotatable bonds is 3. The lowest BCUT2D eigenvalue weighted by Gasteiger charge is -2.32. The SMILES string of the molecule is Cn1cc(-c2cc(-c3cnn(C)c3)c3c(c2)C(O)(C(F)(F)P)c2ccccc2-3)cn1. The summed E-state index contributed by atoms with van der Waals surface area (Å²) in [7, 11) is 5.11. The van der Waals surface area contributed by atoms with Crippen molar-refractivity contribution in [1.29, 1.82) is 0 Å². The van der Waals surface area contributed by atoms with E-state index in [-0.39, 0.29) is 11.1 Å². The van der Waals surface area contributed by atoms with E-state index in [1.54, 1.807) is 66.2 Å². The molecule has 4 aromatic rings. The molecule has 0 bridgehead atoms. The van der Waals surface area contributed by atoms with Gasteiger partial charge in [-0.05, 0) is 34.4 Å². The van der Waals surface area contributed by atoms with E-state index in [0.29, 0.717) is 16.7 Å². The fraction of sp³-hybridized carbons (Fsp3) is 0.182. The van der Waals surface area contributed by atoms with Gasteiger partial charge in [0.2, 0.25) is 0 Å². The summed E-state index contributed by atoms with van der Waals surface area (Å²) in [6.07, 6.45) is 7.02. The van der Waals surface area contributed by atoms with Gasteiger partial charge in [0.25, 0.3) is 5.66 Å². The summed E-state index contributed by atoms with van der Waals surface area (Å²) < 4.78 is 33.2. The maximum atomic E-state index is 14.9. The first-order valence-electron chi connectivity index (χ1n) is 9.35. The number of benzene rings is 2. The first-order valence-corrected chi connectivity index (χ1v) is 9.93. The van der Waals surface area contributed by atoms with Gasteiger partial charge >= 0.3 is 0 Å². The van der Waals surface area contributed by atoms with Crippen LogP contribution in [0.3, 0.4) is 0 Å². The van der Waals surface area contributed by atoms with Gasteiger partial charge in [-0.25, -0.2) is 0 Å². The normalized spacial score (nSPS) is 17.8. The molecular formula is C22H19F2N4OP. The van der Waals surface area contributed by atoms with Gasteiger partial charge in [0, 0.05) is 48.7 Å². The number of aryl methyl sites for hydroxylation is 2. The summed E-state index contributed by atoms with van der Waals surface area (Å²) in [6.45, 7) is 0. The number of aliphatic hydroxyl groups is 1. The quantitative estimate of drug-likeness (QED) is 0.503. The smallest absolute Gasteiger partial charge is 0.295 e. The van der Waals surface area contributed by atoms with Crippen molar-refractivity contribution in [2.45, 2.75) is 11.3 Å². The van der Waals surface area contributed by atoms with E-state index in [0.717, 1.165) is 16.7 Å². The largest absolute Gasteiger partial charge is 0.374 e. The van der Waals surface area contributed by atoms with E-state index in [1.165, 1.54) is 9.24 Å². The van der Waals surface area contributed by atoms with Crippen LogP contribution >= 0.6 is 9.24 Å². The van der Waals surface area contributed by atoms with Gasteiger partial charge < -0.3 is 5.11 Å². The molecule has 1 N–H and O–H groups in total. The third-order valence-corrected chi connectivity index (χ3v) is 6.07. The third-order valence-electron chi connectivity index (χ3n) is 5.65. The first-order chi connectivity index (χ1) is 14.2. The van der Waals surface area contributed by atoms with Crippen LogP contribution in [0.4, 0.5) is 8.78 Å². The molecular weight excluding hydrogens is 405 g/mol. The Morgan fingerprint density at radius 2 is 1.53 bits per heavy atom. The highest BCUT2D eigenvalue weighted by atomic mass is 31.0. The number of aromatic nitrogens is 4. The van der Waals surface area contributed by atoms with Crippen molar-refractivity contribution in [1.82, 2.24) is 19.6 Å². The second-order valence-electron chi connectivity index (χ2n) is 7.63. The molecule has 5 rings (SSSR count). The van der Waals surface area contributed by atoms with Crippen LogP contribution in [0.5, 0.6) is 0 Å². The molecule has 2 heterocycles. The van der Waals surface area contributed by atoms with Crippen LogP contribution in [0, 0.1) is 0 Å². The monoisotopic (exact) mass is 424 g/mol. The summed E-state index contributed by atoms with van der Waals surface area (Å²) in [5.74, 6) is 0. The molecule has 8 heteroatoms. The van der Waals surface area contributed by atoms with Crippen molar-refractivity contribution < 1.29 is 13.9 Å². The predicted molar refractivity (Wildman–Crippen MR) is 114 cm³/mol. The van der Waals surface area contributed by atoms with Crippen LogP contribution in [0.25, 0.3) is 33.4 Å². The summed E-state index contributed by atoms with van der Waals surface area (Å²) in [5, 5.41) is 19.9. The Hall–Kier alpha value is -2.89. The molecule has 2 unspecified atom stereocenters. The lowest BCUT2D eigenvalue weighted by Crippen LogP contribution is -2.40. The van der Waals surface area contributed by atoms with Crippen molar-refractivity contribution in [3.63, 3.8) is 0 Å². The van der Waals surface area contributed by atoms with Crippen molar-refractivity contribution in [3.8, 4) is 33.4 Å². The molecule has 30 heavy (non-hydrogen) atoms.